The van der Waals surface area contributed by atoms with Crippen molar-refractivity contribution in [3.8, 4) is 5.75 Å². The lowest BCUT2D eigenvalue weighted by atomic mass is 10.2. The van der Waals surface area contributed by atoms with Gasteiger partial charge in [-0.3, -0.25) is 0 Å². The van der Waals surface area contributed by atoms with E-state index in [0.717, 1.165) is 36.1 Å². The molecule has 0 saturated carbocycles. The highest BCUT2D eigenvalue weighted by atomic mass is 79.9. The Morgan fingerprint density at radius 2 is 1.89 bits per heavy atom. The van der Waals surface area contributed by atoms with Crippen molar-refractivity contribution < 1.29 is 4.74 Å². The van der Waals surface area contributed by atoms with Gasteiger partial charge in [-0.05, 0) is 40.0 Å². The first kappa shape index (κ1) is 15.0. The second kappa shape index (κ2) is 7.36. The van der Waals surface area contributed by atoms with E-state index < -0.39 is 0 Å². The van der Waals surface area contributed by atoms with Crippen LogP contribution in [0.5, 0.6) is 5.75 Å². The zero-order valence-electron chi connectivity index (χ0n) is 11.1. The maximum absolute atomic E-state index is 10.7. The van der Waals surface area contributed by atoms with Crippen molar-refractivity contribution >= 4 is 27.3 Å². The third-order valence-corrected chi connectivity index (χ3v) is 3.31. The lowest BCUT2D eigenvalue weighted by Crippen LogP contribution is -2.25. The van der Waals surface area contributed by atoms with Crippen LogP contribution in [0.4, 0.5) is 11.4 Å². The van der Waals surface area contributed by atoms with Crippen molar-refractivity contribution in [2.24, 2.45) is 5.18 Å². The smallest absolute Gasteiger partial charge is 0.151 e. The number of hydrogen-bond donors (Lipinski definition) is 0. The third-order valence-electron chi connectivity index (χ3n) is 2.67. The number of rotatable bonds is 7. The molecule has 1 aromatic rings. The molecule has 1 aromatic carbocycles. The second-order valence-electron chi connectivity index (χ2n) is 4.05. The van der Waals surface area contributed by atoms with Gasteiger partial charge in [-0.1, -0.05) is 13.8 Å². The molecule has 0 aliphatic heterocycles. The highest BCUT2D eigenvalue weighted by Crippen LogP contribution is 2.38. The number of anilines is 1. The minimum Gasteiger partial charge on any atom is -0.494 e. The summed E-state index contributed by atoms with van der Waals surface area (Å²) in [4.78, 5) is 13.0. The van der Waals surface area contributed by atoms with E-state index in [2.05, 4.69) is 39.9 Å². The van der Waals surface area contributed by atoms with Gasteiger partial charge in [0.25, 0.3) is 0 Å². The fraction of sp³-hybridized carbons (Fsp3) is 0.538. The molecule has 0 heterocycles. The van der Waals surface area contributed by atoms with Crippen molar-refractivity contribution in [3.05, 3.63) is 21.5 Å². The number of benzene rings is 1. The van der Waals surface area contributed by atoms with E-state index in [1.807, 2.05) is 6.07 Å². The number of nitrogens with zero attached hydrogens (tertiary/aromatic N) is 2. The Hall–Kier alpha value is -1.10. The summed E-state index contributed by atoms with van der Waals surface area (Å²) in [5, 5.41) is 2.97. The Labute approximate surface area is 116 Å². The summed E-state index contributed by atoms with van der Waals surface area (Å²) in [5.74, 6) is 0.514. The SMILES string of the molecule is CCCN(CCC)c1cc(OC)c(N=O)cc1Br. The van der Waals surface area contributed by atoms with Crippen molar-refractivity contribution in [2.75, 3.05) is 25.1 Å². The van der Waals surface area contributed by atoms with Crippen molar-refractivity contribution in [1.29, 1.82) is 0 Å². The molecule has 4 nitrogen and oxygen atoms in total. The molecular formula is C13H19BrN2O2. The summed E-state index contributed by atoms with van der Waals surface area (Å²) < 4.78 is 6.07. The van der Waals surface area contributed by atoms with Gasteiger partial charge in [-0.15, -0.1) is 4.91 Å². The average Bonchev–Trinajstić information content (AvgIpc) is 2.38. The van der Waals surface area contributed by atoms with Gasteiger partial charge in [0.2, 0.25) is 0 Å². The van der Waals surface area contributed by atoms with Crippen LogP contribution in [-0.2, 0) is 0 Å². The van der Waals surface area contributed by atoms with Crippen LogP contribution in [0.3, 0.4) is 0 Å². The number of ether oxygens (including phenoxy) is 1. The summed E-state index contributed by atoms with van der Waals surface area (Å²) in [6.07, 6.45) is 2.14. The Kier molecular flexibility index (Phi) is 6.12. The minimum absolute atomic E-state index is 0.320. The molecule has 18 heavy (non-hydrogen) atoms. The van der Waals surface area contributed by atoms with Gasteiger partial charge in [0.05, 0.1) is 12.8 Å². The molecule has 5 heteroatoms. The maximum Gasteiger partial charge on any atom is 0.151 e. The van der Waals surface area contributed by atoms with Gasteiger partial charge in [0.15, 0.2) is 5.69 Å². The van der Waals surface area contributed by atoms with Crippen molar-refractivity contribution in [2.45, 2.75) is 26.7 Å². The Balaban J connectivity index is 3.16. The van der Waals surface area contributed by atoms with Crippen LogP contribution in [0.2, 0.25) is 0 Å². The molecule has 0 aromatic heterocycles. The molecule has 0 bridgehead atoms. The predicted octanol–water partition coefficient (Wildman–Crippen LogP) is 4.48. The van der Waals surface area contributed by atoms with Gasteiger partial charge in [0.1, 0.15) is 5.75 Å². The van der Waals surface area contributed by atoms with E-state index in [4.69, 9.17) is 4.74 Å². The average molecular weight is 315 g/mol. The van der Waals surface area contributed by atoms with E-state index >= 15 is 0 Å². The molecule has 0 aliphatic rings. The van der Waals surface area contributed by atoms with E-state index in [0.29, 0.717) is 11.4 Å². The van der Waals surface area contributed by atoms with E-state index in [-0.39, 0.29) is 0 Å². The molecule has 0 saturated heterocycles. The predicted molar refractivity (Wildman–Crippen MR) is 78.9 cm³/mol. The topological polar surface area (TPSA) is 41.9 Å². The first-order valence-corrected chi connectivity index (χ1v) is 6.93. The monoisotopic (exact) mass is 314 g/mol. The molecular weight excluding hydrogens is 296 g/mol. The fourth-order valence-electron chi connectivity index (χ4n) is 1.90. The first-order valence-electron chi connectivity index (χ1n) is 6.13. The first-order chi connectivity index (χ1) is 8.67. The van der Waals surface area contributed by atoms with Gasteiger partial charge >= 0.3 is 0 Å². The normalized spacial score (nSPS) is 10.2. The van der Waals surface area contributed by atoms with Crippen LogP contribution in [0.15, 0.2) is 21.8 Å². The Bertz CT molecular complexity index is 404. The van der Waals surface area contributed by atoms with E-state index in [1.165, 1.54) is 0 Å². The lowest BCUT2D eigenvalue weighted by Gasteiger charge is -2.25. The molecule has 0 aliphatic carbocycles. The maximum atomic E-state index is 10.7. The zero-order chi connectivity index (χ0) is 13.5. The van der Waals surface area contributed by atoms with E-state index in [9.17, 15) is 4.91 Å². The number of halogens is 1. The molecule has 0 unspecified atom stereocenters. The highest BCUT2D eigenvalue weighted by molar-refractivity contribution is 9.10. The van der Waals surface area contributed by atoms with Crippen LogP contribution >= 0.6 is 15.9 Å². The fourth-order valence-corrected chi connectivity index (χ4v) is 2.48. The quantitative estimate of drug-likeness (QED) is 0.697. The van der Waals surface area contributed by atoms with Crippen LogP contribution in [0, 0.1) is 4.91 Å². The Morgan fingerprint density at radius 3 is 2.33 bits per heavy atom. The minimum atomic E-state index is 0.320. The molecule has 1 rings (SSSR count). The molecule has 0 radical (unpaired) electrons. The molecule has 0 atom stereocenters. The molecule has 0 spiro atoms. The summed E-state index contributed by atoms with van der Waals surface area (Å²) in [7, 11) is 1.55. The highest BCUT2D eigenvalue weighted by Gasteiger charge is 2.14. The summed E-state index contributed by atoms with van der Waals surface area (Å²) >= 11 is 3.50. The van der Waals surface area contributed by atoms with Crippen molar-refractivity contribution in [1.82, 2.24) is 0 Å². The van der Waals surface area contributed by atoms with Crippen LogP contribution in [0.25, 0.3) is 0 Å². The van der Waals surface area contributed by atoms with Gasteiger partial charge in [-0.2, -0.15) is 0 Å². The third kappa shape index (κ3) is 3.45. The summed E-state index contributed by atoms with van der Waals surface area (Å²) in [6.45, 7) is 6.25. The van der Waals surface area contributed by atoms with Gasteiger partial charge in [-0.25, -0.2) is 0 Å². The molecule has 0 N–H and O–H groups in total. The van der Waals surface area contributed by atoms with Crippen LogP contribution in [-0.4, -0.2) is 20.2 Å². The van der Waals surface area contributed by atoms with E-state index in [1.54, 1.807) is 13.2 Å². The largest absolute Gasteiger partial charge is 0.494 e. The van der Waals surface area contributed by atoms with Gasteiger partial charge < -0.3 is 9.64 Å². The second-order valence-corrected chi connectivity index (χ2v) is 4.91. The Morgan fingerprint density at radius 1 is 1.28 bits per heavy atom. The van der Waals surface area contributed by atoms with Gasteiger partial charge in [0, 0.05) is 23.6 Å². The lowest BCUT2D eigenvalue weighted by molar-refractivity contribution is 0.416. The van der Waals surface area contributed by atoms with Crippen molar-refractivity contribution in [3.63, 3.8) is 0 Å². The standard InChI is InChI=1S/C13H19BrN2O2/c1-4-6-16(7-5-2)12-9-13(18-3)11(15-17)8-10(12)14/h8-9H,4-7H2,1-3H3. The molecule has 0 amide bonds. The summed E-state index contributed by atoms with van der Waals surface area (Å²) in [6, 6.07) is 3.58. The van der Waals surface area contributed by atoms with Crippen LogP contribution < -0.4 is 9.64 Å². The molecule has 100 valence electrons. The number of nitroso groups, excluding NO2 is 1. The zero-order valence-corrected chi connectivity index (χ0v) is 12.7. The number of methoxy groups -OCH3 is 1. The molecule has 0 fully saturated rings. The summed E-state index contributed by atoms with van der Waals surface area (Å²) in [5.41, 5.74) is 1.36. The van der Waals surface area contributed by atoms with Crippen LogP contribution in [0.1, 0.15) is 26.7 Å². The number of hydrogen-bond acceptors (Lipinski definition) is 4.